The highest BCUT2D eigenvalue weighted by Gasteiger charge is 2.15. The number of hydrazine groups is 1. The van der Waals surface area contributed by atoms with Gasteiger partial charge in [0.05, 0.1) is 18.1 Å². The monoisotopic (exact) mass is 230 g/mol. The molecule has 0 radical (unpaired) electrons. The molecule has 0 saturated carbocycles. The van der Waals surface area contributed by atoms with E-state index >= 15 is 0 Å². The predicted octanol–water partition coefficient (Wildman–Crippen LogP) is 1.59. The van der Waals surface area contributed by atoms with Gasteiger partial charge in [-0.2, -0.15) is 0 Å². The van der Waals surface area contributed by atoms with Gasteiger partial charge >= 0.3 is 0 Å². The molecule has 1 aromatic carbocycles. The molecule has 2 rings (SSSR count). The summed E-state index contributed by atoms with van der Waals surface area (Å²) >= 11 is 0. The van der Waals surface area contributed by atoms with Crippen molar-refractivity contribution in [2.45, 2.75) is 19.9 Å². The lowest BCUT2D eigenvalue weighted by atomic mass is 10.00. The highest BCUT2D eigenvalue weighted by Crippen LogP contribution is 2.21. The van der Waals surface area contributed by atoms with Gasteiger partial charge in [0.1, 0.15) is 0 Å². The average Bonchev–Trinajstić information content (AvgIpc) is 2.64. The van der Waals surface area contributed by atoms with E-state index in [1.807, 2.05) is 17.8 Å². The minimum atomic E-state index is -0.0604. The number of aromatic nitrogens is 2. The third-order valence-corrected chi connectivity index (χ3v) is 2.76. The minimum absolute atomic E-state index is 0.0604. The second-order valence-corrected chi connectivity index (χ2v) is 4.48. The van der Waals surface area contributed by atoms with Gasteiger partial charge in [0.25, 0.3) is 0 Å². The first-order chi connectivity index (χ1) is 8.10. The van der Waals surface area contributed by atoms with Crippen molar-refractivity contribution in [2.75, 3.05) is 0 Å². The summed E-state index contributed by atoms with van der Waals surface area (Å²) in [7, 11) is 1.95. The molecule has 0 aliphatic heterocycles. The molecule has 1 heterocycles. The Balaban J connectivity index is 2.41. The summed E-state index contributed by atoms with van der Waals surface area (Å²) in [4.78, 5) is 4.34. The van der Waals surface area contributed by atoms with Crippen LogP contribution in [0.25, 0.3) is 0 Å². The van der Waals surface area contributed by atoms with Crippen LogP contribution in [0, 0.1) is 13.8 Å². The van der Waals surface area contributed by atoms with E-state index < -0.39 is 0 Å². The van der Waals surface area contributed by atoms with E-state index in [-0.39, 0.29) is 6.04 Å². The number of nitrogens with one attached hydrogen (secondary N) is 1. The highest BCUT2D eigenvalue weighted by molar-refractivity contribution is 5.34. The van der Waals surface area contributed by atoms with E-state index in [0.717, 1.165) is 11.3 Å². The fourth-order valence-corrected chi connectivity index (χ4v) is 2.11. The Bertz CT molecular complexity index is 496. The van der Waals surface area contributed by atoms with Crippen LogP contribution in [0.5, 0.6) is 0 Å². The Morgan fingerprint density at radius 3 is 2.35 bits per heavy atom. The molecule has 3 N–H and O–H groups in total. The van der Waals surface area contributed by atoms with Crippen molar-refractivity contribution < 1.29 is 0 Å². The smallest absolute Gasteiger partial charge is 0.0947 e. The topological polar surface area (TPSA) is 55.9 Å². The lowest BCUT2D eigenvalue weighted by Gasteiger charge is -2.15. The lowest BCUT2D eigenvalue weighted by Crippen LogP contribution is -2.29. The zero-order valence-corrected chi connectivity index (χ0v) is 10.4. The van der Waals surface area contributed by atoms with Crippen molar-refractivity contribution in [3.05, 3.63) is 53.1 Å². The van der Waals surface area contributed by atoms with Crippen molar-refractivity contribution in [1.29, 1.82) is 0 Å². The number of hydrogen-bond acceptors (Lipinski definition) is 3. The van der Waals surface area contributed by atoms with Crippen molar-refractivity contribution in [3.63, 3.8) is 0 Å². The second kappa shape index (κ2) is 4.69. The highest BCUT2D eigenvalue weighted by atomic mass is 15.2. The largest absolute Gasteiger partial charge is 0.340 e. The molecule has 0 saturated heterocycles. The Morgan fingerprint density at radius 2 is 1.88 bits per heavy atom. The zero-order chi connectivity index (χ0) is 12.4. The standard InChI is InChI=1S/C13H18N4/c1-9-4-10(2)6-11(5-9)13(16-14)12-7-17(3)8-15-12/h4-8,13,16H,14H2,1-3H3. The lowest BCUT2D eigenvalue weighted by molar-refractivity contribution is 0.622. The van der Waals surface area contributed by atoms with Crippen molar-refractivity contribution in [1.82, 2.24) is 15.0 Å². The second-order valence-electron chi connectivity index (χ2n) is 4.48. The van der Waals surface area contributed by atoms with E-state index in [4.69, 9.17) is 5.84 Å². The SMILES string of the molecule is Cc1cc(C)cc(C(NN)c2cn(C)cn2)c1. The number of nitrogens with two attached hydrogens (primary N) is 1. The minimum Gasteiger partial charge on any atom is -0.340 e. The molecule has 0 bridgehead atoms. The van der Waals surface area contributed by atoms with Crippen LogP contribution < -0.4 is 11.3 Å². The maximum Gasteiger partial charge on any atom is 0.0947 e. The molecular formula is C13H18N4. The summed E-state index contributed by atoms with van der Waals surface area (Å²) in [6, 6.07) is 6.35. The summed E-state index contributed by atoms with van der Waals surface area (Å²) in [6.07, 6.45) is 3.75. The van der Waals surface area contributed by atoms with Crippen LogP contribution in [0.4, 0.5) is 0 Å². The molecule has 17 heavy (non-hydrogen) atoms. The van der Waals surface area contributed by atoms with Gasteiger partial charge in [0.15, 0.2) is 0 Å². The first-order valence-electron chi connectivity index (χ1n) is 5.62. The Morgan fingerprint density at radius 1 is 1.24 bits per heavy atom. The van der Waals surface area contributed by atoms with Gasteiger partial charge in [-0.3, -0.25) is 5.84 Å². The molecule has 0 amide bonds. The normalized spacial score (nSPS) is 12.7. The van der Waals surface area contributed by atoms with E-state index in [9.17, 15) is 0 Å². The maximum absolute atomic E-state index is 5.65. The van der Waals surface area contributed by atoms with E-state index in [2.05, 4.69) is 42.5 Å². The van der Waals surface area contributed by atoms with E-state index in [1.54, 1.807) is 6.33 Å². The van der Waals surface area contributed by atoms with Crippen LogP contribution in [0.15, 0.2) is 30.7 Å². The van der Waals surface area contributed by atoms with Gasteiger partial charge in [0, 0.05) is 13.2 Å². The number of hydrogen-bond donors (Lipinski definition) is 2. The molecule has 2 aromatic rings. The number of imidazole rings is 1. The summed E-state index contributed by atoms with van der Waals surface area (Å²) in [5, 5.41) is 0. The first kappa shape index (κ1) is 11.8. The van der Waals surface area contributed by atoms with Gasteiger partial charge < -0.3 is 4.57 Å². The van der Waals surface area contributed by atoms with Crippen molar-refractivity contribution in [2.24, 2.45) is 12.9 Å². The molecule has 0 aliphatic rings. The summed E-state index contributed by atoms with van der Waals surface area (Å²) < 4.78 is 1.92. The average molecular weight is 230 g/mol. The van der Waals surface area contributed by atoms with Gasteiger partial charge in [-0.15, -0.1) is 0 Å². The summed E-state index contributed by atoms with van der Waals surface area (Å²) in [5.41, 5.74) is 7.36. The molecular weight excluding hydrogens is 212 g/mol. The molecule has 0 fully saturated rings. The van der Waals surface area contributed by atoms with Crippen LogP contribution in [-0.4, -0.2) is 9.55 Å². The van der Waals surface area contributed by atoms with Gasteiger partial charge in [-0.25, -0.2) is 10.4 Å². The van der Waals surface area contributed by atoms with Gasteiger partial charge in [-0.1, -0.05) is 29.3 Å². The third-order valence-electron chi connectivity index (χ3n) is 2.76. The van der Waals surface area contributed by atoms with Crippen LogP contribution in [0.2, 0.25) is 0 Å². The molecule has 4 nitrogen and oxygen atoms in total. The molecule has 4 heteroatoms. The molecule has 1 aromatic heterocycles. The van der Waals surface area contributed by atoms with Crippen LogP contribution in [-0.2, 0) is 7.05 Å². The number of rotatable bonds is 3. The molecule has 1 atom stereocenters. The predicted molar refractivity (Wildman–Crippen MR) is 68.3 cm³/mol. The molecule has 90 valence electrons. The third kappa shape index (κ3) is 2.54. The van der Waals surface area contributed by atoms with Gasteiger partial charge in [0.2, 0.25) is 0 Å². The molecule has 1 unspecified atom stereocenters. The Kier molecular flexibility index (Phi) is 3.26. The van der Waals surface area contributed by atoms with Gasteiger partial charge in [-0.05, 0) is 19.4 Å². The number of nitrogens with zero attached hydrogens (tertiary/aromatic N) is 2. The summed E-state index contributed by atoms with van der Waals surface area (Å²) in [6.45, 7) is 4.17. The number of aryl methyl sites for hydroxylation is 3. The van der Waals surface area contributed by atoms with Crippen LogP contribution in [0.3, 0.4) is 0 Å². The van der Waals surface area contributed by atoms with E-state index in [0.29, 0.717) is 0 Å². The Hall–Kier alpha value is -1.65. The fraction of sp³-hybridized carbons (Fsp3) is 0.308. The van der Waals surface area contributed by atoms with Crippen molar-refractivity contribution in [3.8, 4) is 0 Å². The van der Waals surface area contributed by atoms with Crippen molar-refractivity contribution >= 4 is 0 Å². The van der Waals surface area contributed by atoms with Crippen LogP contribution >= 0.6 is 0 Å². The van der Waals surface area contributed by atoms with E-state index in [1.165, 1.54) is 11.1 Å². The number of benzene rings is 1. The zero-order valence-electron chi connectivity index (χ0n) is 10.4. The molecule has 0 spiro atoms. The molecule has 0 aliphatic carbocycles. The quantitative estimate of drug-likeness (QED) is 0.622. The fourth-order valence-electron chi connectivity index (χ4n) is 2.11. The Labute approximate surface area is 101 Å². The van der Waals surface area contributed by atoms with Crippen LogP contribution in [0.1, 0.15) is 28.4 Å². The first-order valence-corrected chi connectivity index (χ1v) is 5.62. The summed E-state index contributed by atoms with van der Waals surface area (Å²) in [5.74, 6) is 5.65. The maximum atomic E-state index is 5.65.